The monoisotopic (exact) mass is 306 g/mol. The van der Waals surface area contributed by atoms with E-state index >= 15 is 0 Å². The Balaban J connectivity index is 1.98. The highest BCUT2D eigenvalue weighted by molar-refractivity contribution is 9.10. The van der Waals surface area contributed by atoms with Crippen LogP contribution in [0.4, 0.5) is 5.69 Å². The van der Waals surface area contributed by atoms with Crippen LogP contribution in [-0.2, 0) is 11.2 Å². The van der Waals surface area contributed by atoms with Crippen LogP contribution in [0.3, 0.4) is 0 Å². The molecular formula is C13H11BrN2O2. The third-order valence-electron chi connectivity index (χ3n) is 2.29. The Morgan fingerprint density at radius 1 is 1.33 bits per heavy atom. The zero-order chi connectivity index (χ0) is 13.0. The summed E-state index contributed by atoms with van der Waals surface area (Å²) in [6, 6.07) is 10.2. The quantitative estimate of drug-likeness (QED) is 0.857. The van der Waals surface area contributed by atoms with E-state index in [1.54, 1.807) is 42.6 Å². The van der Waals surface area contributed by atoms with Crippen LogP contribution in [-0.4, -0.2) is 16.0 Å². The average molecular weight is 307 g/mol. The van der Waals surface area contributed by atoms with E-state index in [2.05, 4.69) is 26.2 Å². The lowest BCUT2D eigenvalue weighted by Crippen LogP contribution is -2.14. The van der Waals surface area contributed by atoms with Crippen molar-refractivity contribution in [2.75, 3.05) is 5.32 Å². The number of carbonyl (C=O) groups is 1. The number of phenolic OH excluding ortho intramolecular Hbond substituents is 1. The molecule has 1 aromatic carbocycles. The molecule has 0 aliphatic carbocycles. The van der Waals surface area contributed by atoms with E-state index < -0.39 is 0 Å². The number of nitrogens with one attached hydrogen (secondary N) is 1. The maximum Gasteiger partial charge on any atom is 0.228 e. The number of amides is 1. The second-order valence-corrected chi connectivity index (χ2v) is 4.58. The number of aromatic nitrogens is 1. The topological polar surface area (TPSA) is 62.2 Å². The minimum Gasteiger partial charge on any atom is -0.508 e. The third-order valence-corrected chi connectivity index (χ3v) is 2.76. The zero-order valence-electron chi connectivity index (χ0n) is 9.43. The van der Waals surface area contributed by atoms with Gasteiger partial charge in [0.1, 0.15) is 10.4 Å². The third kappa shape index (κ3) is 3.56. The van der Waals surface area contributed by atoms with Gasteiger partial charge in [0.25, 0.3) is 0 Å². The van der Waals surface area contributed by atoms with Gasteiger partial charge in [0, 0.05) is 0 Å². The number of nitrogens with zero attached hydrogens (tertiary/aromatic N) is 1. The Labute approximate surface area is 113 Å². The van der Waals surface area contributed by atoms with Crippen LogP contribution in [0.1, 0.15) is 5.56 Å². The molecule has 4 nitrogen and oxygen atoms in total. The molecule has 0 atom stereocenters. The Morgan fingerprint density at radius 2 is 2.17 bits per heavy atom. The lowest BCUT2D eigenvalue weighted by molar-refractivity contribution is -0.115. The second-order valence-electron chi connectivity index (χ2n) is 3.76. The molecule has 1 aromatic heterocycles. The molecule has 1 heterocycles. The molecule has 0 fully saturated rings. The van der Waals surface area contributed by atoms with Gasteiger partial charge in [-0.2, -0.15) is 0 Å². The van der Waals surface area contributed by atoms with Crippen molar-refractivity contribution in [2.24, 2.45) is 0 Å². The van der Waals surface area contributed by atoms with Crippen LogP contribution in [0.5, 0.6) is 5.75 Å². The van der Waals surface area contributed by atoms with Crippen molar-refractivity contribution in [3.63, 3.8) is 0 Å². The molecule has 0 aliphatic heterocycles. The number of hydrogen-bond donors (Lipinski definition) is 2. The maximum absolute atomic E-state index is 11.7. The Kier molecular flexibility index (Phi) is 3.94. The van der Waals surface area contributed by atoms with Gasteiger partial charge in [-0.25, -0.2) is 4.98 Å². The van der Waals surface area contributed by atoms with Gasteiger partial charge >= 0.3 is 0 Å². The summed E-state index contributed by atoms with van der Waals surface area (Å²) in [5.41, 5.74) is 1.40. The molecule has 5 heteroatoms. The van der Waals surface area contributed by atoms with E-state index in [4.69, 9.17) is 0 Å². The number of halogens is 1. The molecule has 0 aliphatic rings. The highest BCUT2D eigenvalue weighted by atomic mass is 79.9. The molecule has 2 rings (SSSR count). The Hall–Kier alpha value is -1.88. The zero-order valence-corrected chi connectivity index (χ0v) is 11.0. The summed E-state index contributed by atoms with van der Waals surface area (Å²) >= 11 is 3.22. The van der Waals surface area contributed by atoms with Crippen LogP contribution >= 0.6 is 15.9 Å². The van der Waals surface area contributed by atoms with Gasteiger partial charge in [0.2, 0.25) is 5.91 Å². The predicted molar refractivity (Wildman–Crippen MR) is 72.4 cm³/mol. The van der Waals surface area contributed by atoms with Crippen LogP contribution in [0.25, 0.3) is 0 Å². The number of carbonyl (C=O) groups excluding carboxylic acids is 1. The van der Waals surface area contributed by atoms with Gasteiger partial charge in [-0.3, -0.25) is 4.79 Å². The average Bonchev–Trinajstić information content (AvgIpc) is 2.32. The molecule has 0 saturated carbocycles. The SMILES string of the molecule is O=C(Cc1cccc(O)c1)Nc1ccc(Br)nc1. The van der Waals surface area contributed by atoms with Crippen molar-refractivity contribution in [3.05, 3.63) is 52.8 Å². The molecule has 92 valence electrons. The highest BCUT2D eigenvalue weighted by Crippen LogP contribution is 2.13. The first-order chi connectivity index (χ1) is 8.63. The normalized spacial score (nSPS) is 10.1. The standard InChI is InChI=1S/C13H11BrN2O2/c14-12-5-4-10(8-15-12)16-13(18)7-9-2-1-3-11(17)6-9/h1-6,8,17H,7H2,(H,16,18). The number of benzene rings is 1. The van der Waals surface area contributed by atoms with Crippen LogP contribution < -0.4 is 5.32 Å². The molecule has 1 amide bonds. The molecule has 2 N–H and O–H groups in total. The summed E-state index contributed by atoms with van der Waals surface area (Å²) in [4.78, 5) is 15.8. The van der Waals surface area contributed by atoms with E-state index in [1.807, 2.05) is 0 Å². The first-order valence-corrected chi connectivity index (χ1v) is 6.12. The number of pyridine rings is 1. The Bertz CT molecular complexity index is 555. The minimum absolute atomic E-state index is 0.148. The number of rotatable bonds is 3. The summed E-state index contributed by atoms with van der Waals surface area (Å²) in [5, 5.41) is 12.0. The summed E-state index contributed by atoms with van der Waals surface area (Å²) < 4.78 is 0.716. The number of hydrogen-bond acceptors (Lipinski definition) is 3. The summed E-state index contributed by atoms with van der Waals surface area (Å²) in [6.45, 7) is 0. The summed E-state index contributed by atoms with van der Waals surface area (Å²) in [7, 11) is 0. The number of anilines is 1. The molecular weight excluding hydrogens is 296 g/mol. The Morgan fingerprint density at radius 3 is 2.83 bits per heavy atom. The second kappa shape index (κ2) is 5.64. The van der Waals surface area contributed by atoms with Gasteiger partial charge < -0.3 is 10.4 Å². The van der Waals surface area contributed by atoms with E-state index in [0.717, 1.165) is 5.56 Å². The smallest absolute Gasteiger partial charge is 0.228 e. The van der Waals surface area contributed by atoms with Crippen molar-refractivity contribution >= 4 is 27.5 Å². The number of aromatic hydroxyl groups is 1. The van der Waals surface area contributed by atoms with Crippen LogP contribution in [0, 0.1) is 0 Å². The van der Waals surface area contributed by atoms with Gasteiger partial charge in [-0.1, -0.05) is 12.1 Å². The molecule has 18 heavy (non-hydrogen) atoms. The lowest BCUT2D eigenvalue weighted by atomic mass is 10.1. The van der Waals surface area contributed by atoms with Gasteiger partial charge in [-0.05, 0) is 45.8 Å². The molecule has 0 bridgehead atoms. The number of phenols is 1. The van der Waals surface area contributed by atoms with Crippen molar-refractivity contribution in [3.8, 4) is 5.75 Å². The molecule has 0 radical (unpaired) electrons. The first-order valence-electron chi connectivity index (χ1n) is 5.33. The highest BCUT2D eigenvalue weighted by Gasteiger charge is 2.04. The van der Waals surface area contributed by atoms with Crippen molar-refractivity contribution in [1.82, 2.24) is 4.98 Å². The van der Waals surface area contributed by atoms with Crippen LogP contribution in [0.2, 0.25) is 0 Å². The van der Waals surface area contributed by atoms with E-state index in [1.165, 1.54) is 0 Å². The van der Waals surface area contributed by atoms with Crippen molar-refractivity contribution in [2.45, 2.75) is 6.42 Å². The van der Waals surface area contributed by atoms with Gasteiger partial charge in [0.15, 0.2) is 0 Å². The predicted octanol–water partition coefficient (Wildman–Crippen LogP) is 2.73. The summed E-state index contributed by atoms with van der Waals surface area (Å²) in [6.07, 6.45) is 1.79. The van der Waals surface area contributed by atoms with Crippen LogP contribution in [0.15, 0.2) is 47.2 Å². The van der Waals surface area contributed by atoms with E-state index in [9.17, 15) is 9.90 Å². The molecule has 0 saturated heterocycles. The van der Waals surface area contributed by atoms with E-state index in [0.29, 0.717) is 10.3 Å². The van der Waals surface area contributed by atoms with Crippen molar-refractivity contribution in [1.29, 1.82) is 0 Å². The van der Waals surface area contributed by atoms with Gasteiger partial charge in [-0.15, -0.1) is 0 Å². The van der Waals surface area contributed by atoms with E-state index in [-0.39, 0.29) is 18.1 Å². The summed E-state index contributed by atoms with van der Waals surface area (Å²) in [5.74, 6) is 0.00957. The fourth-order valence-corrected chi connectivity index (χ4v) is 1.74. The molecule has 0 spiro atoms. The largest absolute Gasteiger partial charge is 0.508 e. The minimum atomic E-state index is -0.148. The fraction of sp³-hybridized carbons (Fsp3) is 0.0769. The molecule has 0 unspecified atom stereocenters. The first kappa shape index (κ1) is 12.6. The maximum atomic E-state index is 11.7. The lowest BCUT2D eigenvalue weighted by Gasteiger charge is -2.05. The fourth-order valence-electron chi connectivity index (χ4n) is 1.51. The van der Waals surface area contributed by atoms with Gasteiger partial charge in [0.05, 0.1) is 18.3 Å². The van der Waals surface area contributed by atoms with Crippen molar-refractivity contribution < 1.29 is 9.90 Å². The molecule has 2 aromatic rings.